The molecule has 0 amide bonds. The van der Waals surface area contributed by atoms with E-state index in [1.807, 2.05) is 13.8 Å². The van der Waals surface area contributed by atoms with Crippen molar-refractivity contribution in [3.63, 3.8) is 0 Å². The summed E-state index contributed by atoms with van der Waals surface area (Å²) in [5, 5.41) is 0. The Kier molecular flexibility index (Phi) is 4.23. The Labute approximate surface area is 105 Å². The summed E-state index contributed by atoms with van der Waals surface area (Å²) in [7, 11) is 1.45. The molecule has 0 aromatic carbocycles. The molecule has 1 aliphatic carbocycles. The molecule has 0 aromatic heterocycles. The predicted molar refractivity (Wildman–Crippen MR) is 69.5 cm³/mol. The Morgan fingerprint density at radius 3 is 2.53 bits per heavy atom. The SMILES string of the molecule is COC(=O)CC1(C(C)(C)N)CCCC(C)C1C. The van der Waals surface area contributed by atoms with Crippen LogP contribution >= 0.6 is 0 Å². The van der Waals surface area contributed by atoms with Crippen LogP contribution in [0.3, 0.4) is 0 Å². The fourth-order valence-electron chi connectivity index (χ4n) is 3.48. The van der Waals surface area contributed by atoms with Crippen LogP contribution < -0.4 is 5.73 Å². The summed E-state index contributed by atoms with van der Waals surface area (Å²) in [6.07, 6.45) is 3.86. The third-order valence-electron chi connectivity index (χ3n) is 4.98. The van der Waals surface area contributed by atoms with Crippen molar-refractivity contribution in [2.45, 2.75) is 58.9 Å². The molecule has 0 bridgehead atoms. The Bertz CT molecular complexity index is 282. The van der Waals surface area contributed by atoms with Gasteiger partial charge in [0, 0.05) is 11.0 Å². The van der Waals surface area contributed by atoms with Crippen molar-refractivity contribution in [3.8, 4) is 0 Å². The molecule has 1 aliphatic rings. The molecule has 0 aromatic rings. The van der Waals surface area contributed by atoms with Crippen molar-refractivity contribution in [2.75, 3.05) is 7.11 Å². The van der Waals surface area contributed by atoms with E-state index in [1.54, 1.807) is 0 Å². The summed E-state index contributed by atoms with van der Waals surface area (Å²) < 4.78 is 4.86. The van der Waals surface area contributed by atoms with E-state index in [4.69, 9.17) is 10.5 Å². The van der Waals surface area contributed by atoms with E-state index < -0.39 is 0 Å². The van der Waals surface area contributed by atoms with Crippen molar-refractivity contribution in [1.29, 1.82) is 0 Å². The lowest BCUT2D eigenvalue weighted by Gasteiger charge is -2.53. The van der Waals surface area contributed by atoms with Crippen LogP contribution in [0.1, 0.15) is 53.4 Å². The number of rotatable bonds is 3. The van der Waals surface area contributed by atoms with Gasteiger partial charge in [0.25, 0.3) is 0 Å². The number of hydrogen-bond acceptors (Lipinski definition) is 3. The Morgan fingerprint density at radius 1 is 1.47 bits per heavy atom. The molecule has 3 heteroatoms. The summed E-state index contributed by atoms with van der Waals surface area (Å²) in [5.41, 5.74) is 5.91. The van der Waals surface area contributed by atoms with E-state index in [2.05, 4.69) is 13.8 Å². The van der Waals surface area contributed by atoms with E-state index >= 15 is 0 Å². The van der Waals surface area contributed by atoms with E-state index in [0.29, 0.717) is 18.3 Å². The van der Waals surface area contributed by atoms with Crippen LogP contribution in [0.25, 0.3) is 0 Å². The standard InChI is InChI=1S/C14H27NO2/c1-10-7-6-8-14(11(10)2,13(3,4)15)9-12(16)17-5/h10-11H,6-9,15H2,1-5H3. The highest BCUT2D eigenvalue weighted by molar-refractivity contribution is 5.70. The van der Waals surface area contributed by atoms with Gasteiger partial charge in [0.15, 0.2) is 0 Å². The lowest BCUT2D eigenvalue weighted by molar-refractivity contribution is -0.148. The van der Waals surface area contributed by atoms with Crippen LogP contribution in [0.4, 0.5) is 0 Å². The normalized spacial score (nSPS) is 34.5. The highest BCUT2D eigenvalue weighted by Crippen LogP contribution is 2.52. The molecule has 0 heterocycles. The molecule has 0 radical (unpaired) electrons. The zero-order chi connectivity index (χ0) is 13.3. The molecule has 17 heavy (non-hydrogen) atoms. The molecule has 0 aliphatic heterocycles. The molecule has 2 N–H and O–H groups in total. The Morgan fingerprint density at radius 2 is 2.06 bits per heavy atom. The van der Waals surface area contributed by atoms with Gasteiger partial charge in [0.2, 0.25) is 0 Å². The second kappa shape index (κ2) is 4.97. The molecule has 0 spiro atoms. The maximum absolute atomic E-state index is 11.7. The zero-order valence-electron chi connectivity index (χ0n) is 11.9. The van der Waals surface area contributed by atoms with Gasteiger partial charge in [0.1, 0.15) is 0 Å². The second-order valence-corrected chi connectivity index (χ2v) is 6.29. The first-order chi connectivity index (χ1) is 7.74. The zero-order valence-corrected chi connectivity index (χ0v) is 11.9. The third kappa shape index (κ3) is 2.65. The van der Waals surface area contributed by atoms with Gasteiger partial charge >= 0.3 is 5.97 Å². The maximum Gasteiger partial charge on any atom is 0.306 e. The number of ether oxygens (including phenoxy) is 1. The largest absolute Gasteiger partial charge is 0.469 e. The number of carbonyl (C=O) groups excluding carboxylic acids is 1. The van der Waals surface area contributed by atoms with Crippen LogP contribution in [0.5, 0.6) is 0 Å². The highest BCUT2D eigenvalue weighted by atomic mass is 16.5. The van der Waals surface area contributed by atoms with Gasteiger partial charge in [0.05, 0.1) is 13.5 Å². The Hall–Kier alpha value is -0.570. The Balaban J connectivity index is 3.05. The van der Waals surface area contributed by atoms with Gasteiger partial charge in [-0.3, -0.25) is 4.79 Å². The second-order valence-electron chi connectivity index (χ2n) is 6.29. The topological polar surface area (TPSA) is 52.3 Å². The van der Waals surface area contributed by atoms with Crippen molar-refractivity contribution < 1.29 is 9.53 Å². The van der Waals surface area contributed by atoms with Gasteiger partial charge in [-0.05, 0) is 32.1 Å². The van der Waals surface area contributed by atoms with Crippen molar-refractivity contribution in [2.24, 2.45) is 23.0 Å². The lowest BCUT2D eigenvalue weighted by Crippen LogP contribution is -2.57. The summed E-state index contributed by atoms with van der Waals surface area (Å²) in [5.74, 6) is 0.941. The quantitative estimate of drug-likeness (QED) is 0.773. The predicted octanol–water partition coefficient (Wildman–Crippen LogP) is 2.73. The minimum Gasteiger partial charge on any atom is -0.469 e. The van der Waals surface area contributed by atoms with E-state index in [0.717, 1.165) is 12.8 Å². The minimum atomic E-state index is -0.352. The summed E-state index contributed by atoms with van der Waals surface area (Å²) in [6.45, 7) is 8.60. The van der Waals surface area contributed by atoms with Crippen molar-refractivity contribution in [1.82, 2.24) is 0 Å². The van der Waals surface area contributed by atoms with Crippen LogP contribution in [0, 0.1) is 17.3 Å². The van der Waals surface area contributed by atoms with Crippen LogP contribution in [0.2, 0.25) is 0 Å². The molecule has 1 saturated carbocycles. The van der Waals surface area contributed by atoms with Crippen LogP contribution in [0.15, 0.2) is 0 Å². The van der Waals surface area contributed by atoms with Crippen molar-refractivity contribution in [3.05, 3.63) is 0 Å². The lowest BCUT2D eigenvalue weighted by atomic mass is 9.54. The molecule has 100 valence electrons. The monoisotopic (exact) mass is 241 g/mol. The molecule has 3 atom stereocenters. The average molecular weight is 241 g/mol. The molecular weight excluding hydrogens is 214 g/mol. The molecule has 3 nitrogen and oxygen atoms in total. The van der Waals surface area contributed by atoms with Crippen LogP contribution in [-0.2, 0) is 9.53 Å². The highest BCUT2D eigenvalue weighted by Gasteiger charge is 2.51. The number of esters is 1. The number of nitrogens with two attached hydrogens (primary N) is 1. The molecule has 3 unspecified atom stereocenters. The van der Waals surface area contributed by atoms with Gasteiger partial charge in [-0.1, -0.05) is 26.7 Å². The molecule has 1 fully saturated rings. The fourth-order valence-corrected chi connectivity index (χ4v) is 3.48. The first kappa shape index (κ1) is 14.5. The van der Waals surface area contributed by atoms with Gasteiger partial charge in [-0.2, -0.15) is 0 Å². The van der Waals surface area contributed by atoms with Gasteiger partial charge < -0.3 is 10.5 Å². The summed E-state index contributed by atoms with van der Waals surface area (Å²) >= 11 is 0. The number of carbonyl (C=O) groups is 1. The molecule has 1 rings (SSSR count). The first-order valence-corrected chi connectivity index (χ1v) is 6.60. The molecule has 0 saturated heterocycles. The maximum atomic E-state index is 11.7. The summed E-state index contributed by atoms with van der Waals surface area (Å²) in [6, 6.07) is 0. The number of hydrogen-bond donors (Lipinski definition) is 1. The van der Waals surface area contributed by atoms with E-state index in [-0.39, 0.29) is 16.9 Å². The van der Waals surface area contributed by atoms with E-state index in [9.17, 15) is 4.79 Å². The van der Waals surface area contributed by atoms with Gasteiger partial charge in [-0.15, -0.1) is 0 Å². The van der Waals surface area contributed by atoms with Crippen LogP contribution in [-0.4, -0.2) is 18.6 Å². The van der Waals surface area contributed by atoms with Gasteiger partial charge in [-0.25, -0.2) is 0 Å². The minimum absolute atomic E-state index is 0.127. The number of methoxy groups -OCH3 is 1. The average Bonchev–Trinajstić information content (AvgIpc) is 2.23. The summed E-state index contributed by atoms with van der Waals surface area (Å²) in [4.78, 5) is 11.7. The fraction of sp³-hybridized carbons (Fsp3) is 0.929. The smallest absolute Gasteiger partial charge is 0.306 e. The third-order valence-corrected chi connectivity index (χ3v) is 4.98. The van der Waals surface area contributed by atoms with Crippen molar-refractivity contribution >= 4 is 5.97 Å². The first-order valence-electron chi connectivity index (χ1n) is 6.60. The van der Waals surface area contributed by atoms with E-state index in [1.165, 1.54) is 13.5 Å². The molecular formula is C14H27NO2.